The standard InChI is InChI=1S/C25H30O/c1-3-5-18-26-19-21-8-12-23(13-9-21)25-16-14-24(15-17-25)22-10-6-20(4-2)7-11-22/h3-5,8-9,12-17,20,22H,2,6-7,10-11,18-19H2,1H3. The SMILES string of the molecule is C=CC1CCC(c2ccc(-c3ccc(COCC=CC)cc3)cc2)CC1. The molecule has 2 aromatic carbocycles. The van der Waals surface area contributed by atoms with Crippen LogP contribution in [0.1, 0.15) is 49.7 Å². The van der Waals surface area contributed by atoms with Gasteiger partial charge < -0.3 is 4.74 Å². The number of ether oxygens (including phenoxy) is 1. The summed E-state index contributed by atoms with van der Waals surface area (Å²) in [6, 6.07) is 17.9. The zero-order valence-electron chi connectivity index (χ0n) is 15.9. The minimum Gasteiger partial charge on any atom is -0.373 e. The van der Waals surface area contributed by atoms with Crippen molar-refractivity contribution in [3.8, 4) is 11.1 Å². The molecule has 1 heteroatoms. The van der Waals surface area contributed by atoms with E-state index in [9.17, 15) is 0 Å². The molecule has 3 rings (SSSR count). The van der Waals surface area contributed by atoms with Gasteiger partial charge in [0, 0.05) is 0 Å². The van der Waals surface area contributed by atoms with Crippen molar-refractivity contribution in [1.29, 1.82) is 0 Å². The van der Waals surface area contributed by atoms with Gasteiger partial charge in [-0.2, -0.15) is 0 Å². The van der Waals surface area contributed by atoms with E-state index in [1.54, 1.807) is 0 Å². The lowest BCUT2D eigenvalue weighted by Crippen LogP contribution is -2.11. The molecule has 0 radical (unpaired) electrons. The van der Waals surface area contributed by atoms with E-state index >= 15 is 0 Å². The molecule has 0 spiro atoms. The second kappa shape index (κ2) is 9.54. The summed E-state index contributed by atoms with van der Waals surface area (Å²) in [5.74, 6) is 1.45. The van der Waals surface area contributed by atoms with Crippen LogP contribution in [0.25, 0.3) is 11.1 Å². The second-order valence-corrected chi connectivity index (χ2v) is 7.25. The van der Waals surface area contributed by atoms with Crippen molar-refractivity contribution in [3.63, 3.8) is 0 Å². The van der Waals surface area contributed by atoms with Crippen LogP contribution in [0.15, 0.2) is 73.3 Å². The fraction of sp³-hybridized carbons (Fsp3) is 0.360. The zero-order valence-corrected chi connectivity index (χ0v) is 15.9. The second-order valence-electron chi connectivity index (χ2n) is 7.25. The molecule has 1 aliphatic rings. The minimum atomic E-state index is 0.664. The predicted octanol–water partition coefficient (Wildman–Crippen LogP) is 6.91. The first-order chi connectivity index (χ1) is 12.8. The van der Waals surface area contributed by atoms with Crippen molar-refractivity contribution < 1.29 is 4.74 Å². The van der Waals surface area contributed by atoms with E-state index in [4.69, 9.17) is 4.74 Å². The lowest BCUT2D eigenvalue weighted by molar-refractivity contribution is 0.148. The Hall–Kier alpha value is -2.12. The Bertz CT molecular complexity index is 701. The van der Waals surface area contributed by atoms with Crippen LogP contribution in [0.4, 0.5) is 0 Å². The first kappa shape index (κ1) is 18.7. The molecule has 136 valence electrons. The molecule has 2 aromatic rings. The van der Waals surface area contributed by atoms with E-state index in [2.05, 4.69) is 61.2 Å². The smallest absolute Gasteiger partial charge is 0.0721 e. The summed E-state index contributed by atoms with van der Waals surface area (Å²) in [6.07, 6.45) is 11.3. The van der Waals surface area contributed by atoms with Crippen molar-refractivity contribution in [2.75, 3.05) is 6.61 Å². The van der Waals surface area contributed by atoms with Crippen molar-refractivity contribution in [2.24, 2.45) is 5.92 Å². The van der Waals surface area contributed by atoms with E-state index in [0.29, 0.717) is 13.2 Å². The third-order valence-electron chi connectivity index (χ3n) is 5.49. The lowest BCUT2D eigenvalue weighted by atomic mass is 9.78. The lowest BCUT2D eigenvalue weighted by Gasteiger charge is -2.27. The fourth-order valence-corrected chi connectivity index (χ4v) is 3.77. The molecule has 0 atom stereocenters. The molecule has 0 unspecified atom stereocenters. The molecule has 1 aliphatic carbocycles. The molecule has 0 saturated heterocycles. The van der Waals surface area contributed by atoms with Crippen LogP contribution in [-0.4, -0.2) is 6.61 Å². The van der Waals surface area contributed by atoms with Crippen molar-refractivity contribution in [1.82, 2.24) is 0 Å². The van der Waals surface area contributed by atoms with E-state index in [0.717, 1.165) is 11.8 Å². The third kappa shape index (κ3) is 4.95. The Kier molecular flexibility index (Phi) is 6.85. The molecule has 1 fully saturated rings. The topological polar surface area (TPSA) is 9.23 Å². The summed E-state index contributed by atoms with van der Waals surface area (Å²) in [4.78, 5) is 0. The highest BCUT2D eigenvalue weighted by molar-refractivity contribution is 5.64. The maximum absolute atomic E-state index is 5.61. The number of hydrogen-bond acceptors (Lipinski definition) is 1. The van der Waals surface area contributed by atoms with Gasteiger partial charge in [0.05, 0.1) is 13.2 Å². The van der Waals surface area contributed by atoms with Crippen LogP contribution in [0.5, 0.6) is 0 Å². The Morgan fingerprint density at radius 2 is 1.54 bits per heavy atom. The van der Waals surface area contributed by atoms with Gasteiger partial charge in [0.2, 0.25) is 0 Å². The maximum atomic E-state index is 5.61. The van der Waals surface area contributed by atoms with Crippen LogP contribution < -0.4 is 0 Å². The molecule has 0 aliphatic heterocycles. The van der Waals surface area contributed by atoms with Gasteiger partial charge in [-0.25, -0.2) is 0 Å². The summed E-state index contributed by atoms with van der Waals surface area (Å²) in [6.45, 7) is 7.30. The van der Waals surface area contributed by atoms with E-state index in [1.165, 1.54) is 47.9 Å². The van der Waals surface area contributed by atoms with E-state index in [-0.39, 0.29) is 0 Å². The summed E-state index contributed by atoms with van der Waals surface area (Å²) in [7, 11) is 0. The average molecular weight is 347 g/mol. The molecular formula is C25H30O. The molecule has 0 amide bonds. The van der Waals surface area contributed by atoms with Crippen molar-refractivity contribution >= 4 is 0 Å². The number of hydrogen-bond donors (Lipinski definition) is 0. The summed E-state index contributed by atoms with van der Waals surface area (Å²) in [5, 5.41) is 0. The Labute approximate surface area is 158 Å². The highest BCUT2D eigenvalue weighted by Gasteiger charge is 2.20. The normalized spacial score (nSPS) is 20.3. The Balaban J connectivity index is 1.59. The van der Waals surface area contributed by atoms with Crippen LogP contribution in [0, 0.1) is 5.92 Å². The van der Waals surface area contributed by atoms with Gasteiger partial charge >= 0.3 is 0 Å². The van der Waals surface area contributed by atoms with Crippen LogP contribution in [0.3, 0.4) is 0 Å². The largest absolute Gasteiger partial charge is 0.373 e. The van der Waals surface area contributed by atoms with Crippen molar-refractivity contribution in [3.05, 3.63) is 84.5 Å². The van der Waals surface area contributed by atoms with Crippen molar-refractivity contribution in [2.45, 2.75) is 45.1 Å². The average Bonchev–Trinajstić information content (AvgIpc) is 2.72. The monoisotopic (exact) mass is 346 g/mol. The first-order valence-corrected chi connectivity index (χ1v) is 9.81. The molecule has 26 heavy (non-hydrogen) atoms. The van der Waals surface area contributed by atoms with Gasteiger partial charge in [0.15, 0.2) is 0 Å². The Morgan fingerprint density at radius 3 is 2.12 bits per heavy atom. The summed E-state index contributed by atoms with van der Waals surface area (Å²) < 4.78 is 5.61. The van der Waals surface area contributed by atoms with Gasteiger partial charge in [-0.3, -0.25) is 0 Å². The number of rotatable bonds is 7. The number of benzene rings is 2. The molecule has 0 bridgehead atoms. The highest BCUT2D eigenvalue weighted by atomic mass is 16.5. The third-order valence-corrected chi connectivity index (χ3v) is 5.49. The maximum Gasteiger partial charge on any atom is 0.0721 e. The van der Waals surface area contributed by atoms with Gasteiger partial charge in [0.1, 0.15) is 0 Å². The zero-order chi connectivity index (χ0) is 18.2. The number of allylic oxidation sites excluding steroid dienone is 2. The van der Waals surface area contributed by atoms with E-state index in [1.807, 2.05) is 19.1 Å². The first-order valence-electron chi connectivity index (χ1n) is 9.81. The van der Waals surface area contributed by atoms with Gasteiger partial charge in [0.25, 0.3) is 0 Å². The minimum absolute atomic E-state index is 0.664. The molecule has 0 N–H and O–H groups in total. The predicted molar refractivity (Wildman–Crippen MR) is 111 cm³/mol. The summed E-state index contributed by atoms with van der Waals surface area (Å²) >= 11 is 0. The van der Waals surface area contributed by atoms with Crippen LogP contribution in [-0.2, 0) is 11.3 Å². The Morgan fingerprint density at radius 1 is 0.923 bits per heavy atom. The molecule has 0 heterocycles. The fourth-order valence-electron chi connectivity index (χ4n) is 3.77. The molecule has 0 aromatic heterocycles. The molecular weight excluding hydrogens is 316 g/mol. The van der Waals surface area contributed by atoms with Gasteiger partial charge in [-0.15, -0.1) is 6.58 Å². The van der Waals surface area contributed by atoms with E-state index < -0.39 is 0 Å². The van der Waals surface area contributed by atoms with Crippen LogP contribution in [0.2, 0.25) is 0 Å². The van der Waals surface area contributed by atoms with Gasteiger partial charge in [-0.1, -0.05) is 66.8 Å². The van der Waals surface area contributed by atoms with Crippen LogP contribution >= 0.6 is 0 Å². The molecule has 1 nitrogen and oxygen atoms in total. The molecule has 1 saturated carbocycles. The highest BCUT2D eigenvalue weighted by Crippen LogP contribution is 2.36. The van der Waals surface area contributed by atoms with Gasteiger partial charge in [-0.05, 0) is 66.7 Å². The quantitative estimate of drug-likeness (QED) is 0.391. The summed E-state index contributed by atoms with van der Waals surface area (Å²) in [5.41, 5.74) is 5.26.